The van der Waals surface area contributed by atoms with Gasteiger partial charge in [0, 0.05) is 6.04 Å². The van der Waals surface area contributed by atoms with E-state index in [1.165, 1.54) is 25.3 Å². The zero-order valence-corrected chi connectivity index (χ0v) is 12.9. The second-order valence-corrected chi connectivity index (χ2v) is 5.50. The van der Waals surface area contributed by atoms with Crippen molar-refractivity contribution in [2.75, 3.05) is 7.05 Å². The van der Waals surface area contributed by atoms with Gasteiger partial charge >= 0.3 is 0 Å². The number of unbranched alkanes of at least 4 members (excludes halogenated alkanes) is 1. The van der Waals surface area contributed by atoms with E-state index in [1.807, 2.05) is 13.1 Å². The molecule has 1 aromatic rings. The fourth-order valence-corrected chi connectivity index (χ4v) is 2.81. The highest BCUT2D eigenvalue weighted by atomic mass is 35.5. The molecule has 0 aliphatic carbocycles. The first-order valence-electron chi connectivity index (χ1n) is 7.24. The number of benzene rings is 1. The molecule has 0 spiro atoms. The summed E-state index contributed by atoms with van der Waals surface area (Å²) in [7, 11) is 1.98. The van der Waals surface area contributed by atoms with Gasteiger partial charge in [0.2, 0.25) is 0 Å². The van der Waals surface area contributed by atoms with Gasteiger partial charge in [0.05, 0.1) is 5.02 Å². The summed E-state index contributed by atoms with van der Waals surface area (Å²) in [5, 5.41) is 3.65. The van der Waals surface area contributed by atoms with Crippen LogP contribution in [0, 0.1) is 11.7 Å². The van der Waals surface area contributed by atoms with Crippen LogP contribution in [0.4, 0.5) is 4.39 Å². The van der Waals surface area contributed by atoms with E-state index in [0.29, 0.717) is 12.0 Å². The standard InChI is InChI=1S/C16H25ClFN/c1-4-6-8-12(5-2)15(19-3)11-13-9-7-10-14(18)16(13)17/h7,9-10,12,15,19H,4-6,8,11H2,1-3H3. The monoisotopic (exact) mass is 285 g/mol. The number of nitrogens with one attached hydrogen (secondary N) is 1. The van der Waals surface area contributed by atoms with Crippen molar-refractivity contribution < 1.29 is 4.39 Å². The minimum Gasteiger partial charge on any atom is -0.316 e. The van der Waals surface area contributed by atoms with Crippen LogP contribution < -0.4 is 5.32 Å². The van der Waals surface area contributed by atoms with E-state index in [-0.39, 0.29) is 10.8 Å². The van der Waals surface area contributed by atoms with Crippen LogP contribution in [-0.2, 0) is 6.42 Å². The third kappa shape index (κ3) is 4.77. The summed E-state index contributed by atoms with van der Waals surface area (Å²) >= 11 is 6.04. The Morgan fingerprint density at radius 3 is 2.63 bits per heavy atom. The summed E-state index contributed by atoms with van der Waals surface area (Å²) in [6.07, 6.45) is 5.60. The van der Waals surface area contributed by atoms with E-state index in [9.17, 15) is 4.39 Å². The van der Waals surface area contributed by atoms with E-state index in [4.69, 9.17) is 11.6 Å². The highest BCUT2D eigenvalue weighted by molar-refractivity contribution is 6.31. The first-order valence-corrected chi connectivity index (χ1v) is 7.61. The first kappa shape index (κ1) is 16.5. The maximum atomic E-state index is 13.5. The molecule has 0 fully saturated rings. The molecule has 2 atom stereocenters. The van der Waals surface area contributed by atoms with E-state index in [2.05, 4.69) is 19.2 Å². The highest BCUT2D eigenvalue weighted by Gasteiger charge is 2.20. The van der Waals surface area contributed by atoms with Gasteiger partial charge < -0.3 is 5.32 Å². The lowest BCUT2D eigenvalue weighted by atomic mass is 9.87. The Bertz CT molecular complexity index is 381. The van der Waals surface area contributed by atoms with Crippen molar-refractivity contribution >= 4 is 11.6 Å². The average Bonchev–Trinajstić information content (AvgIpc) is 2.42. The second-order valence-electron chi connectivity index (χ2n) is 5.12. The van der Waals surface area contributed by atoms with Crippen LogP contribution in [0.5, 0.6) is 0 Å². The smallest absolute Gasteiger partial charge is 0.142 e. The van der Waals surface area contributed by atoms with Crippen LogP contribution in [0.2, 0.25) is 5.02 Å². The average molecular weight is 286 g/mol. The van der Waals surface area contributed by atoms with Crippen LogP contribution in [0.15, 0.2) is 18.2 Å². The lowest BCUT2D eigenvalue weighted by Gasteiger charge is -2.26. The van der Waals surface area contributed by atoms with Crippen molar-refractivity contribution in [1.29, 1.82) is 0 Å². The SMILES string of the molecule is CCCCC(CC)C(Cc1cccc(F)c1Cl)NC. The molecule has 0 heterocycles. The third-order valence-electron chi connectivity index (χ3n) is 3.86. The Balaban J connectivity index is 2.77. The molecule has 3 heteroatoms. The van der Waals surface area contributed by atoms with E-state index in [0.717, 1.165) is 18.4 Å². The van der Waals surface area contributed by atoms with E-state index >= 15 is 0 Å². The molecular weight excluding hydrogens is 261 g/mol. The summed E-state index contributed by atoms with van der Waals surface area (Å²) in [5.41, 5.74) is 0.899. The molecule has 2 unspecified atom stereocenters. The van der Waals surface area contributed by atoms with Gasteiger partial charge in [-0.25, -0.2) is 4.39 Å². The predicted molar refractivity (Wildman–Crippen MR) is 81.3 cm³/mol. The van der Waals surface area contributed by atoms with Crippen molar-refractivity contribution in [3.8, 4) is 0 Å². The summed E-state index contributed by atoms with van der Waals surface area (Å²) < 4.78 is 13.5. The molecule has 0 saturated heterocycles. The fourth-order valence-electron chi connectivity index (χ4n) is 2.60. The Labute approximate surface area is 121 Å². The van der Waals surface area contributed by atoms with Crippen molar-refractivity contribution in [3.05, 3.63) is 34.6 Å². The van der Waals surface area contributed by atoms with Crippen molar-refractivity contribution in [2.45, 2.75) is 52.0 Å². The van der Waals surface area contributed by atoms with Gasteiger partial charge in [-0.3, -0.25) is 0 Å². The minimum atomic E-state index is -0.323. The van der Waals surface area contributed by atoms with Crippen molar-refractivity contribution in [2.24, 2.45) is 5.92 Å². The third-order valence-corrected chi connectivity index (χ3v) is 4.29. The largest absolute Gasteiger partial charge is 0.316 e. The molecule has 1 N–H and O–H groups in total. The maximum absolute atomic E-state index is 13.5. The van der Waals surface area contributed by atoms with Gasteiger partial charge in [-0.1, -0.05) is 56.8 Å². The van der Waals surface area contributed by atoms with Crippen LogP contribution in [0.3, 0.4) is 0 Å². The topological polar surface area (TPSA) is 12.0 Å². The van der Waals surface area contributed by atoms with Gasteiger partial charge in [-0.05, 0) is 37.4 Å². The molecule has 0 aromatic heterocycles. The van der Waals surface area contributed by atoms with Crippen LogP contribution in [0.1, 0.15) is 45.1 Å². The van der Waals surface area contributed by atoms with Gasteiger partial charge in [-0.15, -0.1) is 0 Å². The van der Waals surface area contributed by atoms with Gasteiger partial charge in [-0.2, -0.15) is 0 Å². The zero-order chi connectivity index (χ0) is 14.3. The second kappa shape index (κ2) is 8.55. The molecule has 1 nitrogen and oxygen atoms in total. The number of likely N-dealkylation sites (N-methyl/N-ethyl adjacent to an activating group) is 1. The Morgan fingerprint density at radius 2 is 2.05 bits per heavy atom. The fraction of sp³-hybridized carbons (Fsp3) is 0.625. The molecule has 0 bridgehead atoms. The predicted octanol–water partition coefficient (Wildman–Crippen LogP) is 4.83. The molecule has 0 aliphatic heterocycles. The van der Waals surface area contributed by atoms with E-state index in [1.54, 1.807) is 6.07 Å². The molecule has 1 aromatic carbocycles. The van der Waals surface area contributed by atoms with Crippen molar-refractivity contribution in [3.63, 3.8) is 0 Å². The first-order chi connectivity index (χ1) is 9.13. The van der Waals surface area contributed by atoms with Crippen LogP contribution >= 0.6 is 11.6 Å². The van der Waals surface area contributed by atoms with Crippen LogP contribution in [0.25, 0.3) is 0 Å². The van der Waals surface area contributed by atoms with Gasteiger partial charge in [0.1, 0.15) is 5.82 Å². The molecular formula is C16H25ClFN. The van der Waals surface area contributed by atoms with Crippen molar-refractivity contribution in [1.82, 2.24) is 5.32 Å². The molecule has 0 amide bonds. The van der Waals surface area contributed by atoms with E-state index < -0.39 is 0 Å². The van der Waals surface area contributed by atoms with Crippen LogP contribution in [-0.4, -0.2) is 13.1 Å². The number of halogens is 2. The number of hydrogen-bond donors (Lipinski definition) is 1. The molecule has 108 valence electrons. The van der Waals surface area contributed by atoms with Gasteiger partial charge in [0.15, 0.2) is 0 Å². The summed E-state index contributed by atoms with van der Waals surface area (Å²) in [6, 6.07) is 5.42. The zero-order valence-electron chi connectivity index (χ0n) is 12.2. The Morgan fingerprint density at radius 1 is 1.32 bits per heavy atom. The number of hydrogen-bond acceptors (Lipinski definition) is 1. The summed E-state index contributed by atoms with van der Waals surface area (Å²) in [4.78, 5) is 0. The Hall–Kier alpha value is -0.600. The minimum absolute atomic E-state index is 0.271. The molecule has 0 saturated carbocycles. The normalized spacial score (nSPS) is 14.4. The summed E-state index contributed by atoms with van der Waals surface area (Å²) in [6.45, 7) is 4.43. The molecule has 0 aliphatic rings. The highest BCUT2D eigenvalue weighted by Crippen LogP contribution is 2.25. The quantitative estimate of drug-likeness (QED) is 0.722. The maximum Gasteiger partial charge on any atom is 0.142 e. The lowest BCUT2D eigenvalue weighted by molar-refractivity contribution is 0.330. The Kier molecular flexibility index (Phi) is 7.40. The lowest BCUT2D eigenvalue weighted by Crippen LogP contribution is -2.35. The summed E-state index contributed by atoms with van der Waals surface area (Å²) in [5.74, 6) is 0.292. The van der Waals surface area contributed by atoms with Gasteiger partial charge in [0.25, 0.3) is 0 Å². The number of rotatable bonds is 8. The molecule has 0 radical (unpaired) electrons. The molecule has 1 rings (SSSR count). The molecule has 19 heavy (non-hydrogen) atoms.